The number of Topliss-reactive ketones (excluding diaryl/α,β-unsaturated/α-hetero) is 1. The maximum absolute atomic E-state index is 12.8. The molecule has 1 fully saturated rings. The van der Waals surface area contributed by atoms with E-state index >= 15 is 0 Å². The largest absolute Gasteiger partial charge is 0.491 e. The van der Waals surface area contributed by atoms with E-state index in [-0.39, 0.29) is 45.4 Å². The van der Waals surface area contributed by atoms with Crippen LogP contribution in [0.1, 0.15) is 19.0 Å². The van der Waals surface area contributed by atoms with Gasteiger partial charge in [0.1, 0.15) is 18.3 Å². The number of carbonyl (C=O) groups excluding carboxylic acids is 3. The molecule has 3 rings (SSSR count). The van der Waals surface area contributed by atoms with Gasteiger partial charge in [0.05, 0.1) is 25.4 Å². The normalized spacial score (nSPS) is 23.7. The number of hydrogen-bond donors (Lipinski definition) is 4. The quantitative estimate of drug-likeness (QED) is 0.137. The van der Waals surface area contributed by atoms with Gasteiger partial charge in [-0.05, 0) is 6.92 Å². The Labute approximate surface area is 191 Å². The Balaban J connectivity index is 1.73. The number of hydrogen-bond acceptors (Lipinski definition) is 13. The summed E-state index contributed by atoms with van der Waals surface area (Å²) in [6.45, 7) is 1.01. The number of nitrogen functional groups attached to an aromatic ring is 1. The summed E-state index contributed by atoms with van der Waals surface area (Å²) in [5.74, 6) is -2.36. The maximum atomic E-state index is 12.8. The van der Waals surface area contributed by atoms with Crippen molar-refractivity contribution in [1.82, 2.24) is 19.7 Å². The fraction of sp³-hybridized carbons (Fsp3) is 0.438. The smallest absolute Gasteiger partial charge is 0.362 e. The molecular weight excluding hydrogens is 484 g/mol. The van der Waals surface area contributed by atoms with Crippen molar-refractivity contribution >= 4 is 50.1 Å². The van der Waals surface area contributed by atoms with E-state index in [9.17, 15) is 28.0 Å². The molecule has 1 saturated heterocycles. The standard InChI is InChI=1S/C16H20N6O9S2/c1-7-12(15(25)22(7)33(27,28)29)19-14(24)13(9-6-32-16(17)18-9)20-31-5-8-3-10(23)11(30-2)4-21(8)26/h4,6-8,12,26H,3,5H2,1-2H3,(H2,17,18)(H,19,24)(H,27,28,29)/t7-,8?,12-/m0/s1. The first-order chi connectivity index (χ1) is 15.4. The van der Waals surface area contributed by atoms with Crippen molar-refractivity contribution < 1.29 is 42.1 Å². The number of anilines is 1. The fourth-order valence-corrected chi connectivity index (χ4v) is 4.54. The molecule has 3 atom stereocenters. The van der Waals surface area contributed by atoms with Crippen molar-refractivity contribution in [3.8, 4) is 0 Å². The van der Waals surface area contributed by atoms with Gasteiger partial charge in [-0.1, -0.05) is 5.16 Å². The molecule has 0 radical (unpaired) electrons. The third-order valence-electron chi connectivity index (χ3n) is 4.81. The number of ketones is 1. The number of nitrogens with zero attached hydrogens (tertiary/aromatic N) is 4. The van der Waals surface area contributed by atoms with Crippen molar-refractivity contribution in [3.63, 3.8) is 0 Å². The summed E-state index contributed by atoms with van der Waals surface area (Å²) < 4.78 is 36.6. The number of β-lactam (4-membered cyclic amide) rings is 1. The monoisotopic (exact) mass is 504 g/mol. The highest BCUT2D eigenvalue weighted by Crippen LogP contribution is 2.23. The van der Waals surface area contributed by atoms with E-state index in [2.05, 4.69) is 15.5 Å². The van der Waals surface area contributed by atoms with Gasteiger partial charge in [0, 0.05) is 11.8 Å². The van der Waals surface area contributed by atoms with Crippen LogP contribution in [0.4, 0.5) is 5.13 Å². The van der Waals surface area contributed by atoms with Crippen LogP contribution in [0.25, 0.3) is 0 Å². The van der Waals surface area contributed by atoms with Crippen LogP contribution in [0.3, 0.4) is 0 Å². The number of amides is 2. The minimum Gasteiger partial charge on any atom is -0.491 e. The predicted molar refractivity (Wildman–Crippen MR) is 111 cm³/mol. The number of allylic oxidation sites excluding steroid dienone is 1. The Morgan fingerprint density at radius 1 is 1.45 bits per heavy atom. The van der Waals surface area contributed by atoms with E-state index in [1.165, 1.54) is 19.4 Å². The SMILES string of the molecule is COC1=CN(O)C(CON=C(C(=O)N[C@@H]2C(=O)N(S(=O)(=O)O)[C@H]2C)c2csc(N)n2)CC1=O. The molecule has 180 valence electrons. The number of methoxy groups -OCH3 is 1. The van der Waals surface area contributed by atoms with Crippen molar-refractivity contribution in [2.24, 2.45) is 5.16 Å². The molecule has 2 aliphatic heterocycles. The number of thiazole rings is 1. The second kappa shape index (κ2) is 9.30. The molecule has 2 aliphatic rings. The number of nitrogens with one attached hydrogen (secondary N) is 1. The van der Waals surface area contributed by atoms with Crippen LogP contribution in [0.2, 0.25) is 0 Å². The minimum absolute atomic E-state index is 0.0169. The van der Waals surface area contributed by atoms with Crippen LogP contribution < -0.4 is 11.1 Å². The van der Waals surface area contributed by atoms with Gasteiger partial charge in [-0.3, -0.25) is 29.2 Å². The van der Waals surface area contributed by atoms with Crippen LogP contribution >= 0.6 is 11.3 Å². The van der Waals surface area contributed by atoms with E-state index in [4.69, 9.17) is 19.9 Å². The second-order valence-electron chi connectivity index (χ2n) is 6.97. The van der Waals surface area contributed by atoms with Gasteiger partial charge in [-0.2, -0.15) is 8.42 Å². The van der Waals surface area contributed by atoms with Crippen LogP contribution in [-0.2, 0) is 34.3 Å². The van der Waals surface area contributed by atoms with Crippen molar-refractivity contribution in [2.75, 3.05) is 19.5 Å². The molecule has 17 heteroatoms. The topological polar surface area (TPSA) is 214 Å². The molecule has 0 saturated carbocycles. The highest BCUT2D eigenvalue weighted by atomic mass is 32.2. The van der Waals surface area contributed by atoms with Gasteiger partial charge in [-0.25, -0.2) is 9.29 Å². The summed E-state index contributed by atoms with van der Waals surface area (Å²) in [7, 11) is -3.48. The first-order valence-corrected chi connectivity index (χ1v) is 11.5. The molecule has 0 bridgehead atoms. The summed E-state index contributed by atoms with van der Waals surface area (Å²) in [6, 6.07) is -3.11. The highest BCUT2D eigenvalue weighted by molar-refractivity contribution is 7.84. The predicted octanol–water partition coefficient (Wildman–Crippen LogP) is -1.52. The van der Waals surface area contributed by atoms with Crippen LogP contribution in [0, 0.1) is 0 Å². The first kappa shape index (κ1) is 24.4. The molecule has 0 spiro atoms. The molecule has 0 aromatic carbocycles. The lowest BCUT2D eigenvalue weighted by Gasteiger charge is -2.42. The Morgan fingerprint density at radius 3 is 2.70 bits per heavy atom. The van der Waals surface area contributed by atoms with Crippen molar-refractivity contribution in [3.05, 3.63) is 23.0 Å². The average Bonchev–Trinajstić information content (AvgIpc) is 3.16. The van der Waals surface area contributed by atoms with Gasteiger partial charge in [-0.15, -0.1) is 11.3 Å². The zero-order valence-electron chi connectivity index (χ0n) is 17.2. The number of hydroxylamine groups is 2. The van der Waals surface area contributed by atoms with E-state index in [0.717, 1.165) is 22.6 Å². The second-order valence-corrected chi connectivity index (χ2v) is 9.15. The molecule has 2 amide bonds. The summed E-state index contributed by atoms with van der Waals surface area (Å²) in [6.07, 6.45) is 0.944. The molecule has 33 heavy (non-hydrogen) atoms. The molecule has 0 aliphatic carbocycles. The molecule has 1 unspecified atom stereocenters. The molecule has 1 aromatic rings. The van der Waals surface area contributed by atoms with Gasteiger partial charge in [0.25, 0.3) is 11.8 Å². The highest BCUT2D eigenvalue weighted by Gasteiger charge is 2.51. The van der Waals surface area contributed by atoms with Gasteiger partial charge in [0.15, 0.2) is 16.6 Å². The van der Waals surface area contributed by atoms with Gasteiger partial charge < -0.3 is 20.6 Å². The average molecular weight is 505 g/mol. The lowest BCUT2D eigenvalue weighted by molar-refractivity contribution is -0.143. The third-order valence-corrected chi connectivity index (χ3v) is 6.50. The number of rotatable bonds is 8. The Hall–Kier alpha value is -3.28. The zero-order chi connectivity index (χ0) is 24.5. The lowest BCUT2D eigenvalue weighted by atomic mass is 10.0. The Kier molecular flexibility index (Phi) is 6.86. The number of aromatic nitrogens is 1. The summed E-state index contributed by atoms with van der Waals surface area (Å²) in [5, 5.41) is 18.3. The van der Waals surface area contributed by atoms with Crippen LogP contribution in [0.5, 0.6) is 0 Å². The number of oxime groups is 1. The number of nitrogens with two attached hydrogens (primary N) is 1. The molecule has 3 heterocycles. The van der Waals surface area contributed by atoms with E-state index in [0.29, 0.717) is 0 Å². The summed E-state index contributed by atoms with van der Waals surface area (Å²) in [4.78, 5) is 45.8. The van der Waals surface area contributed by atoms with Crippen molar-refractivity contribution in [1.29, 1.82) is 0 Å². The van der Waals surface area contributed by atoms with Gasteiger partial charge in [0.2, 0.25) is 5.78 Å². The molecule has 15 nitrogen and oxygen atoms in total. The van der Waals surface area contributed by atoms with Crippen LogP contribution in [0.15, 0.2) is 22.5 Å². The van der Waals surface area contributed by atoms with E-state index in [1.807, 2.05) is 0 Å². The minimum atomic E-state index is -4.76. The summed E-state index contributed by atoms with van der Waals surface area (Å²) in [5.41, 5.74) is 5.24. The Bertz CT molecular complexity index is 1130. The molecule has 1 aromatic heterocycles. The number of ether oxygens (including phenoxy) is 1. The van der Waals surface area contributed by atoms with E-state index < -0.39 is 40.2 Å². The van der Waals surface area contributed by atoms with Crippen molar-refractivity contribution in [2.45, 2.75) is 31.5 Å². The fourth-order valence-electron chi connectivity index (χ4n) is 3.11. The van der Waals surface area contributed by atoms with Gasteiger partial charge >= 0.3 is 10.3 Å². The third kappa shape index (κ3) is 5.05. The lowest BCUT2D eigenvalue weighted by Crippen LogP contribution is -2.71. The molecule has 5 N–H and O–H groups in total. The first-order valence-electron chi connectivity index (χ1n) is 9.23. The Morgan fingerprint density at radius 2 is 2.15 bits per heavy atom. The van der Waals surface area contributed by atoms with E-state index in [1.54, 1.807) is 0 Å². The molecular formula is C16H20N6O9S2. The zero-order valence-corrected chi connectivity index (χ0v) is 18.9. The summed E-state index contributed by atoms with van der Waals surface area (Å²) >= 11 is 1.01. The maximum Gasteiger partial charge on any atom is 0.362 e. The van der Waals surface area contributed by atoms with Crippen LogP contribution in [-0.4, -0.2) is 87.7 Å². The number of carbonyl (C=O) groups is 3.